The number of halogens is 1. The van der Waals surface area contributed by atoms with E-state index in [-0.39, 0.29) is 23.4 Å². The maximum absolute atomic E-state index is 13.6. The van der Waals surface area contributed by atoms with Crippen molar-refractivity contribution in [3.63, 3.8) is 0 Å². The maximum atomic E-state index is 13.6. The molecule has 1 amide bonds. The van der Waals surface area contributed by atoms with Gasteiger partial charge in [-0.3, -0.25) is 4.79 Å². The summed E-state index contributed by atoms with van der Waals surface area (Å²) in [4.78, 5) is 15.2. The minimum atomic E-state index is -3.80. The summed E-state index contributed by atoms with van der Waals surface area (Å²) in [6, 6.07) is 15.2. The Bertz CT molecular complexity index is 1210. The first-order valence-electron chi connectivity index (χ1n) is 10.6. The molecule has 0 radical (unpaired) electrons. The van der Waals surface area contributed by atoms with E-state index in [0.29, 0.717) is 22.0 Å². The maximum Gasteiger partial charge on any atom is 0.265 e. The molecule has 0 saturated carbocycles. The first-order valence-corrected chi connectivity index (χ1v) is 13.3. The molecule has 0 spiro atoms. The summed E-state index contributed by atoms with van der Waals surface area (Å²) in [5.74, 6) is -0.195. The predicted molar refractivity (Wildman–Crippen MR) is 137 cm³/mol. The van der Waals surface area contributed by atoms with E-state index in [9.17, 15) is 13.2 Å². The molecule has 0 saturated heterocycles. The van der Waals surface area contributed by atoms with Crippen LogP contribution < -0.4 is 10.2 Å². The van der Waals surface area contributed by atoms with Crippen molar-refractivity contribution in [1.82, 2.24) is 4.31 Å². The highest BCUT2D eigenvalue weighted by Gasteiger charge is 2.29. The van der Waals surface area contributed by atoms with E-state index in [1.54, 1.807) is 24.3 Å². The highest BCUT2D eigenvalue weighted by molar-refractivity contribution is 7.89. The summed E-state index contributed by atoms with van der Waals surface area (Å²) in [6.07, 6.45) is 0.645. The summed E-state index contributed by atoms with van der Waals surface area (Å²) in [6.45, 7) is 4.00. The molecule has 1 heterocycles. The van der Waals surface area contributed by atoms with Crippen molar-refractivity contribution in [3.05, 3.63) is 75.4 Å². The molecule has 176 valence electrons. The second-order valence-corrected chi connectivity index (χ2v) is 11.2. The summed E-state index contributed by atoms with van der Waals surface area (Å²) >= 11 is 7.44. The van der Waals surface area contributed by atoms with Gasteiger partial charge in [-0.25, -0.2) is 8.42 Å². The summed E-state index contributed by atoms with van der Waals surface area (Å²) in [5.41, 5.74) is 2.27. The van der Waals surface area contributed by atoms with Gasteiger partial charge in [-0.1, -0.05) is 30.7 Å². The molecule has 0 unspecified atom stereocenters. The van der Waals surface area contributed by atoms with Crippen molar-refractivity contribution in [3.8, 4) is 0 Å². The second-order valence-electron chi connectivity index (χ2n) is 7.93. The highest BCUT2D eigenvalue weighted by atomic mass is 35.5. The zero-order valence-electron chi connectivity index (χ0n) is 19.1. The third kappa shape index (κ3) is 5.95. The standard InChI is InChI=1S/C24H28ClN3O3S2/c1-5-17(2)28(33(30,31)21-9-6-8-19(25)15-21)16-18-14-20(11-12-22(18)27(3)4)26-24(29)23-10-7-13-32-23/h6-15,17H,5,16H2,1-4H3,(H,26,29)/t17-/m1/s1. The van der Waals surface area contributed by atoms with Gasteiger partial charge < -0.3 is 10.2 Å². The fourth-order valence-electron chi connectivity index (χ4n) is 3.44. The fraction of sp³-hybridized carbons (Fsp3) is 0.292. The Labute approximate surface area is 204 Å². The molecule has 33 heavy (non-hydrogen) atoms. The molecule has 1 atom stereocenters. The number of anilines is 2. The van der Waals surface area contributed by atoms with Crippen LogP contribution in [-0.4, -0.2) is 38.8 Å². The van der Waals surface area contributed by atoms with E-state index >= 15 is 0 Å². The third-order valence-electron chi connectivity index (χ3n) is 5.38. The Morgan fingerprint density at radius 3 is 2.48 bits per heavy atom. The molecule has 0 fully saturated rings. The number of thiophene rings is 1. The molecule has 0 aliphatic rings. The quantitative estimate of drug-likeness (QED) is 0.404. The molecule has 0 bridgehead atoms. The monoisotopic (exact) mass is 505 g/mol. The van der Waals surface area contributed by atoms with Crippen LogP contribution in [0.4, 0.5) is 11.4 Å². The van der Waals surface area contributed by atoms with Crippen molar-refractivity contribution in [2.45, 2.75) is 37.8 Å². The number of hydrogen-bond donors (Lipinski definition) is 1. The Balaban J connectivity index is 1.99. The van der Waals surface area contributed by atoms with Crippen molar-refractivity contribution < 1.29 is 13.2 Å². The molecule has 0 aliphatic carbocycles. The lowest BCUT2D eigenvalue weighted by Gasteiger charge is -2.30. The molecule has 3 rings (SSSR count). The normalized spacial score (nSPS) is 12.5. The van der Waals surface area contributed by atoms with Gasteiger partial charge in [0.15, 0.2) is 0 Å². The Morgan fingerprint density at radius 2 is 1.88 bits per heavy atom. The summed E-state index contributed by atoms with van der Waals surface area (Å²) < 4.78 is 28.6. The van der Waals surface area contributed by atoms with Crippen LogP contribution in [0.2, 0.25) is 5.02 Å². The lowest BCUT2D eigenvalue weighted by Crippen LogP contribution is -2.38. The molecular formula is C24H28ClN3O3S2. The van der Waals surface area contributed by atoms with Gasteiger partial charge in [0.25, 0.3) is 5.91 Å². The molecule has 3 aromatic rings. The summed E-state index contributed by atoms with van der Waals surface area (Å²) in [5, 5.41) is 5.13. The number of nitrogens with one attached hydrogen (secondary N) is 1. The van der Waals surface area contributed by atoms with Crippen molar-refractivity contribution in [2.75, 3.05) is 24.3 Å². The van der Waals surface area contributed by atoms with Crippen LogP contribution in [0.1, 0.15) is 35.5 Å². The minimum Gasteiger partial charge on any atom is -0.377 e. The Morgan fingerprint density at radius 1 is 1.12 bits per heavy atom. The first kappa shape index (κ1) is 25.2. The lowest BCUT2D eigenvalue weighted by atomic mass is 10.1. The van der Waals surface area contributed by atoms with Gasteiger partial charge in [-0.05, 0) is 66.8 Å². The van der Waals surface area contributed by atoms with E-state index in [2.05, 4.69) is 5.32 Å². The number of sulfonamides is 1. The predicted octanol–water partition coefficient (Wildman–Crippen LogP) is 5.71. The van der Waals surface area contributed by atoms with Gasteiger partial charge in [0.1, 0.15) is 0 Å². The number of benzene rings is 2. The van der Waals surface area contributed by atoms with E-state index in [1.165, 1.54) is 21.7 Å². The van der Waals surface area contributed by atoms with E-state index in [1.807, 2.05) is 62.5 Å². The fourth-order valence-corrected chi connectivity index (χ4v) is 6.04. The molecule has 2 aromatic carbocycles. The van der Waals surface area contributed by atoms with Crippen LogP contribution >= 0.6 is 22.9 Å². The average molecular weight is 506 g/mol. The lowest BCUT2D eigenvalue weighted by molar-refractivity contribution is 0.103. The van der Waals surface area contributed by atoms with Crippen LogP contribution in [0, 0.1) is 0 Å². The van der Waals surface area contributed by atoms with Gasteiger partial charge in [0.2, 0.25) is 10.0 Å². The molecule has 1 aromatic heterocycles. The average Bonchev–Trinajstić information content (AvgIpc) is 3.32. The Hall–Kier alpha value is -2.39. The number of rotatable bonds is 9. The van der Waals surface area contributed by atoms with Crippen LogP contribution in [-0.2, 0) is 16.6 Å². The van der Waals surface area contributed by atoms with Crippen molar-refractivity contribution in [2.24, 2.45) is 0 Å². The van der Waals surface area contributed by atoms with Crippen LogP contribution in [0.3, 0.4) is 0 Å². The number of hydrogen-bond acceptors (Lipinski definition) is 5. The van der Waals surface area contributed by atoms with Crippen molar-refractivity contribution in [1.29, 1.82) is 0 Å². The summed E-state index contributed by atoms with van der Waals surface area (Å²) in [7, 11) is 0.00688. The molecular weight excluding hydrogens is 478 g/mol. The third-order valence-corrected chi connectivity index (χ3v) is 8.44. The minimum absolute atomic E-state index is 0.153. The van der Waals surface area contributed by atoms with Crippen LogP contribution in [0.5, 0.6) is 0 Å². The van der Waals surface area contributed by atoms with Gasteiger partial charge in [0.05, 0.1) is 9.77 Å². The number of nitrogens with zero attached hydrogens (tertiary/aromatic N) is 2. The molecule has 0 aliphatic heterocycles. The highest BCUT2D eigenvalue weighted by Crippen LogP contribution is 2.30. The molecule has 6 nitrogen and oxygen atoms in total. The van der Waals surface area contributed by atoms with Gasteiger partial charge >= 0.3 is 0 Å². The van der Waals surface area contributed by atoms with E-state index in [0.717, 1.165) is 11.3 Å². The second kappa shape index (κ2) is 10.7. The topological polar surface area (TPSA) is 69.7 Å². The smallest absolute Gasteiger partial charge is 0.265 e. The molecule has 9 heteroatoms. The first-order chi connectivity index (χ1) is 15.6. The number of carbonyl (C=O) groups excluding carboxylic acids is 1. The van der Waals surface area contributed by atoms with Crippen molar-refractivity contribution >= 4 is 50.2 Å². The van der Waals surface area contributed by atoms with Gasteiger partial charge in [-0.2, -0.15) is 4.31 Å². The number of amides is 1. The largest absolute Gasteiger partial charge is 0.377 e. The van der Waals surface area contributed by atoms with E-state index in [4.69, 9.17) is 11.6 Å². The zero-order chi connectivity index (χ0) is 24.2. The number of carbonyl (C=O) groups is 1. The van der Waals surface area contributed by atoms with Gasteiger partial charge in [-0.15, -0.1) is 11.3 Å². The van der Waals surface area contributed by atoms with Crippen LogP contribution in [0.15, 0.2) is 64.9 Å². The van der Waals surface area contributed by atoms with Gasteiger partial charge in [0, 0.05) is 43.1 Å². The molecule has 1 N–H and O–H groups in total. The van der Waals surface area contributed by atoms with E-state index < -0.39 is 10.0 Å². The SMILES string of the molecule is CC[C@@H](C)N(Cc1cc(NC(=O)c2cccs2)ccc1N(C)C)S(=O)(=O)c1cccc(Cl)c1. The van der Waals surface area contributed by atoms with Crippen LogP contribution in [0.25, 0.3) is 0 Å². The zero-order valence-corrected chi connectivity index (χ0v) is 21.5. The Kier molecular flexibility index (Phi) is 8.18.